The molecule has 0 unspecified atom stereocenters. The van der Waals surface area contributed by atoms with E-state index in [1.807, 2.05) is 10.8 Å². The number of anilines is 1. The Morgan fingerprint density at radius 3 is 3.00 bits per heavy atom. The summed E-state index contributed by atoms with van der Waals surface area (Å²) in [5, 5.41) is 5.61. The standard InChI is InChI=1S/C11H14N6O/c1-12-10-7-14-6-9(16-10)11(18)15-3-5-17-4-2-13-8-17/h2,4,6-8H,3,5H2,1H3,(H,12,16)(H,15,18). The molecule has 0 aliphatic rings. The molecule has 2 rings (SSSR count). The van der Waals surface area contributed by atoms with Crippen molar-refractivity contribution in [3.05, 3.63) is 36.8 Å². The zero-order valence-corrected chi connectivity index (χ0v) is 10.00. The summed E-state index contributed by atoms with van der Waals surface area (Å²) in [5.41, 5.74) is 0.299. The first-order chi connectivity index (χ1) is 8.79. The van der Waals surface area contributed by atoms with Gasteiger partial charge in [-0.1, -0.05) is 0 Å². The van der Waals surface area contributed by atoms with Crippen LogP contribution in [0.2, 0.25) is 0 Å². The van der Waals surface area contributed by atoms with Crippen LogP contribution in [0.15, 0.2) is 31.1 Å². The first-order valence-electron chi connectivity index (χ1n) is 5.53. The van der Waals surface area contributed by atoms with Crippen LogP contribution < -0.4 is 10.6 Å². The number of carbonyl (C=O) groups is 1. The Bertz CT molecular complexity index is 510. The summed E-state index contributed by atoms with van der Waals surface area (Å²) < 4.78 is 1.88. The third-order valence-electron chi connectivity index (χ3n) is 2.34. The highest BCUT2D eigenvalue weighted by Crippen LogP contribution is 2.00. The largest absolute Gasteiger partial charge is 0.372 e. The van der Waals surface area contributed by atoms with Gasteiger partial charge >= 0.3 is 0 Å². The first-order valence-corrected chi connectivity index (χ1v) is 5.53. The second kappa shape index (κ2) is 5.76. The Morgan fingerprint density at radius 2 is 2.28 bits per heavy atom. The average Bonchev–Trinajstić information content (AvgIpc) is 2.92. The molecule has 0 fully saturated rings. The average molecular weight is 246 g/mol. The number of amides is 1. The van der Waals surface area contributed by atoms with Crippen LogP contribution in [0.4, 0.5) is 5.82 Å². The normalized spacial score (nSPS) is 10.1. The van der Waals surface area contributed by atoms with Gasteiger partial charge in [-0.25, -0.2) is 9.97 Å². The third-order valence-corrected chi connectivity index (χ3v) is 2.34. The van der Waals surface area contributed by atoms with E-state index in [2.05, 4.69) is 25.6 Å². The van der Waals surface area contributed by atoms with Gasteiger partial charge in [0, 0.05) is 32.5 Å². The minimum atomic E-state index is -0.236. The fourth-order valence-corrected chi connectivity index (χ4v) is 1.40. The summed E-state index contributed by atoms with van der Waals surface area (Å²) in [5.74, 6) is 0.331. The van der Waals surface area contributed by atoms with Crippen molar-refractivity contribution in [2.75, 3.05) is 18.9 Å². The Balaban J connectivity index is 1.87. The number of rotatable bonds is 5. The van der Waals surface area contributed by atoms with E-state index in [0.29, 0.717) is 24.6 Å². The lowest BCUT2D eigenvalue weighted by Gasteiger charge is -2.06. The van der Waals surface area contributed by atoms with Crippen molar-refractivity contribution in [3.63, 3.8) is 0 Å². The molecule has 7 nitrogen and oxygen atoms in total. The molecule has 94 valence electrons. The Morgan fingerprint density at radius 1 is 1.39 bits per heavy atom. The molecule has 0 saturated heterocycles. The highest BCUT2D eigenvalue weighted by molar-refractivity contribution is 5.92. The quantitative estimate of drug-likeness (QED) is 0.784. The molecule has 2 aromatic heterocycles. The molecule has 0 spiro atoms. The number of nitrogens with one attached hydrogen (secondary N) is 2. The zero-order valence-electron chi connectivity index (χ0n) is 10.00. The van der Waals surface area contributed by atoms with E-state index in [4.69, 9.17) is 0 Å². The Labute approximate surface area is 104 Å². The topological polar surface area (TPSA) is 84.7 Å². The summed E-state index contributed by atoms with van der Waals surface area (Å²) in [4.78, 5) is 23.7. The fraction of sp³-hybridized carbons (Fsp3) is 0.273. The molecule has 7 heteroatoms. The molecule has 0 radical (unpaired) electrons. The minimum absolute atomic E-state index is 0.236. The van der Waals surface area contributed by atoms with Crippen molar-refractivity contribution in [2.45, 2.75) is 6.54 Å². The maximum Gasteiger partial charge on any atom is 0.271 e. The van der Waals surface area contributed by atoms with Gasteiger partial charge in [-0.05, 0) is 0 Å². The van der Waals surface area contributed by atoms with E-state index in [1.165, 1.54) is 6.20 Å². The molecule has 0 bridgehead atoms. The van der Waals surface area contributed by atoms with Crippen molar-refractivity contribution >= 4 is 11.7 Å². The Kier molecular flexibility index (Phi) is 3.85. The maximum atomic E-state index is 11.8. The number of hydrogen-bond acceptors (Lipinski definition) is 5. The molecule has 0 saturated carbocycles. The van der Waals surface area contributed by atoms with Crippen molar-refractivity contribution in [1.82, 2.24) is 24.8 Å². The first kappa shape index (κ1) is 12.0. The van der Waals surface area contributed by atoms with Crippen LogP contribution >= 0.6 is 0 Å². The maximum absolute atomic E-state index is 11.8. The monoisotopic (exact) mass is 246 g/mol. The lowest BCUT2D eigenvalue weighted by molar-refractivity contribution is 0.0947. The van der Waals surface area contributed by atoms with Gasteiger partial charge in [0.25, 0.3) is 5.91 Å². The predicted molar refractivity (Wildman–Crippen MR) is 66.1 cm³/mol. The lowest BCUT2D eigenvalue weighted by Crippen LogP contribution is -2.28. The molecule has 0 atom stereocenters. The van der Waals surface area contributed by atoms with E-state index in [-0.39, 0.29) is 5.91 Å². The smallest absolute Gasteiger partial charge is 0.271 e. The zero-order chi connectivity index (χ0) is 12.8. The van der Waals surface area contributed by atoms with E-state index in [1.54, 1.807) is 25.8 Å². The summed E-state index contributed by atoms with van der Waals surface area (Å²) >= 11 is 0. The van der Waals surface area contributed by atoms with Gasteiger partial charge in [-0.3, -0.25) is 9.78 Å². The second-order valence-electron chi connectivity index (χ2n) is 3.60. The van der Waals surface area contributed by atoms with E-state index in [0.717, 1.165) is 0 Å². The third kappa shape index (κ3) is 3.03. The highest BCUT2D eigenvalue weighted by Gasteiger charge is 2.07. The summed E-state index contributed by atoms with van der Waals surface area (Å²) in [6, 6.07) is 0. The molecular formula is C11H14N6O. The van der Waals surface area contributed by atoms with Crippen molar-refractivity contribution < 1.29 is 4.79 Å². The van der Waals surface area contributed by atoms with Gasteiger partial charge in [-0.2, -0.15) is 0 Å². The predicted octanol–water partition coefficient (Wildman–Crippen LogP) is 0.145. The summed E-state index contributed by atoms with van der Waals surface area (Å²) in [7, 11) is 1.73. The molecule has 1 amide bonds. The Hall–Kier alpha value is -2.44. The number of imidazole rings is 1. The highest BCUT2D eigenvalue weighted by atomic mass is 16.1. The van der Waals surface area contributed by atoms with Gasteiger partial charge in [0.2, 0.25) is 0 Å². The van der Waals surface area contributed by atoms with Gasteiger partial charge < -0.3 is 15.2 Å². The number of nitrogens with zero attached hydrogens (tertiary/aromatic N) is 4. The summed E-state index contributed by atoms with van der Waals surface area (Å²) in [6.07, 6.45) is 8.24. The van der Waals surface area contributed by atoms with Gasteiger partial charge in [-0.15, -0.1) is 0 Å². The van der Waals surface area contributed by atoms with Gasteiger partial charge in [0.15, 0.2) is 0 Å². The van der Waals surface area contributed by atoms with Crippen LogP contribution in [0.3, 0.4) is 0 Å². The van der Waals surface area contributed by atoms with Crippen molar-refractivity contribution in [2.24, 2.45) is 0 Å². The number of carbonyl (C=O) groups excluding carboxylic acids is 1. The molecule has 0 aliphatic carbocycles. The van der Waals surface area contributed by atoms with Crippen LogP contribution in [0.1, 0.15) is 10.5 Å². The summed E-state index contributed by atoms with van der Waals surface area (Å²) in [6.45, 7) is 1.19. The van der Waals surface area contributed by atoms with Gasteiger partial charge in [0.05, 0.1) is 18.7 Å². The number of hydrogen-bond donors (Lipinski definition) is 2. The van der Waals surface area contributed by atoms with Crippen LogP contribution in [0.25, 0.3) is 0 Å². The second-order valence-corrected chi connectivity index (χ2v) is 3.60. The lowest BCUT2D eigenvalue weighted by atomic mass is 10.4. The molecular weight excluding hydrogens is 232 g/mol. The van der Waals surface area contributed by atoms with Crippen LogP contribution in [-0.2, 0) is 6.54 Å². The number of aromatic nitrogens is 4. The van der Waals surface area contributed by atoms with Crippen molar-refractivity contribution in [3.8, 4) is 0 Å². The van der Waals surface area contributed by atoms with Crippen LogP contribution in [0.5, 0.6) is 0 Å². The molecule has 2 N–H and O–H groups in total. The molecule has 2 heterocycles. The van der Waals surface area contributed by atoms with E-state index >= 15 is 0 Å². The molecule has 2 aromatic rings. The van der Waals surface area contributed by atoms with Crippen LogP contribution in [0, 0.1) is 0 Å². The molecule has 18 heavy (non-hydrogen) atoms. The minimum Gasteiger partial charge on any atom is -0.372 e. The SMILES string of the molecule is CNc1cncc(C(=O)NCCn2ccnc2)n1. The fourth-order valence-electron chi connectivity index (χ4n) is 1.40. The van der Waals surface area contributed by atoms with Gasteiger partial charge in [0.1, 0.15) is 11.5 Å². The molecule has 0 aliphatic heterocycles. The van der Waals surface area contributed by atoms with E-state index in [9.17, 15) is 4.79 Å². The van der Waals surface area contributed by atoms with Crippen molar-refractivity contribution in [1.29, 1.82) is 0 Å². The molecule has 0 aromatic carbocycles. The van der Waals surface area contributed by atoms with Crippen LogP contribution in [-0.4, -0.2) is 39.0 Å². The van der Waals surface area contributed by atoms with E-state index < -0.39 is 0 Å².